The van der Waals surface area contributed by atoms with Crippen LogP contribution < -0.4 is 0 Å². The van der Waals surface area contributed by atoms with Crippen LogP contribution in [0.2, 0.25) is 0 Å². The van der Waals surface area contributed by atoms with E-state index >= 15 is 0 Å². The molecule has 0 fully saturated rings. The van der Waals surface area contributed by atoms with Crippen molar-refractivity contribution in [2.24, 2.45) is 5.10 Å². The van der Waals surface area contributed by atoms with Crippen molar-refractivity contribution in [3.8, 4) is 5.75 Å². The Morgan fingerprint density at radius 1 is 1.04 bits per heavy atom. The van der Waals surface area contributed by atoms with Crippen molar-refractivity contribution in [2.45, 2.75) is 69.7 Å². The minimum atomic E-state index is -0.159. The Hall–Kier alpha value is -1.82. The molecular formula is C19H26N4OS. The molecule has 3 rings (SSSR count). The third-order valence-corrected chi connectivity index (χ3v) is 5.46. The van der Waals surface area contributed by atoms with Gasteiger partial charge in [-0.1, -0.05) is 53.3 Å². The zero-order chi connectivity index (χ0) is 18.6. The zero-order valence-corrected chi connectivity index (χ0v) is 16.8. The van der Waals surface area contributed by atoms with E-state index in [9.17, 15) is 5.11 Å². The average molecular weight is 359 g/mol. The molecule has 0 radical (unpaired) electrons. The molecule has 25 heavy (non-hydrogen) atoms. The number of phenols is 1. The molecule has 0 amide bonds. The largest absolute Gasteiger partial charge is 0.507 e. The third kappa shape index (κ3) is 3.32. The Labute approximate surface area is 153 Å². The van der Waals surface area contributed by atoms with Gasteiger partial charge in [-0.05, 0) is 35.4 Å². The Balaban J connectivity index is 2.24. The van der Waals surface area contributed by atoms with E-state index in [1.165, 1.54) is 0 Å². The molecule has 134 valence electrons. The first-order chi connectivity index (χ1) is 11.5. The Bertz CT molecular complexity index is 805. The number of hydrogen-bond acceptors (Lipinski definition) is 5. The minimum absolute atomic E-state index is 0.159. The van der Waals surface area contributed by atoms with E-state index < -0.39 is 0 Å². The highest BCUT2D eigenvalue weighted by molar-refractivity contribution is 8.00. The Kier molecular flexibility index (Phi) is 4.22. The van der Waals surface area contributed by atoms with Crippen LogP contribution in [0.4, 0.5) is 0 Å². The molecule has 0 aliphatic carbocycles. The van der Waals surface area contributed by atoms with Gasteiger partial charge in [0.25, 0.3) is 0 Å². The van der Waals surface area contributed by atoms with Crippen LogP contribution in [0.25, 0.3) is 0 Å². The molecule has 2 heterocycles. The summed E-state index contributed by atoms with van der Waals surface area (Å²) < 4.78 is 1.72. The number of phenolic OH excluding ortho intramolecular Hbond substituents is 1. The molecule has 1 N–H and O–H groups in total. The van der Waals surface area contributed by atoms with Crippen molar-refractivity contribution in [1.82, 2.24) is 14.9 Å². The van der Waals surface area contributed by atoms with Crippen LogP contribution in [-0.2, 0) is 10.8 Å². The van der Waals surface area contributed by atoms with Crippen LogP contribution in [-0.4, -0.2) is 30.9 Å². The molecule has 0 spiro atoms. The molecule has 1 aromatic heterocycles. The summed E-state index contributed by atoms with van der Waals surface area (Å²) in [7, 11) is 0. The second-order valence-corrected chi connectivity index (χ2v) is 9.93. The van der Waals surface area contributed by atoms with Crippen LogP contribution >= 0.6 is 11.8 Å². The third-order valence-electron chi connectivity index (χ3n) is 4.40. The summed E-state index contributed by atoms with van der Waals surface area (Å²) in [4.78, 5) is 0. The van der Waals surface area contributed by atoms with Crippen LogP contribution in [0.1, 0.15) is 65.2 Å². The summed E-state index contributed by atoms with van der Waals surface area (Å²) >= 11 is 1.65. The van der Waals surface area contributed by atoms with Gasteiger partial charge >= 0.3 is 0 Å². The van der Waals surface area contributed by atoms with E-state index in [2.05, 4.69) is 70.8 Å². The van der Waals surface area contributed by atoms with Gasteiger partial charge in [0.05, 0.1) is 11.0 Å². The van der Waals surface area contributed by atoms with Crippen molar-refractivity contribution >= 4 is 17.5 Å². The highest BCUT2D eigenvalue weighted by Gasteiger charge is 2.30. The molecule has 1 aliphatic rings. The fourth-order valence-electron chi connectivity index (χ4n) is 3.00. The number of hydrogen-bond donors (Lipinski definition) is 1. The van der Waals surface area contributed by atoms with Crippen LogP contribution in [0.15, 0.2) is 28.7 Å². The molecule has 5 nitrogen and oxygen atoms in total. The number of benzene rings is 1. The predicted octanol–water partition coefficient (Wildman–Crippen LogP) is 4.33. The van der Waals surface area contributed by atoms with Gasteiger partial charge in [-0.3, -0.25) is 0 Å². The van der Waals surface area contributed by atoms with Crippen molar-refractivity contribution in [1.29, 1.82) is 0 Å². The number of rotatable bonds is 1. The van der Waals surface area contributed by atoms with Gasteiger partial charge in [-0.25, -0.2) is 0 Å². The van der Waals surface area contributed by atoms with Gasteiger partial charge in [0.15, 0.2) is 0 Å². The molecule has 2 aromatic rings. The SMILES string of the molecule is CC1Sc2nncn2N=C1c1cc(C(C)(C)C)c(O)c(C(C)(C)C)c1. The molecule has 6 heteroatoms. The van der Waals surface area contributed by atoms with E-state index in [1.807, 2.05) is 0 Å². The van der Waals surface area contributed by atoms with E-state index in [0.29, 0.717) is 5.75 Å². The normalized spacial score (nSPS) is 18.0. The highest BCUT2D eigenvalue weighted by atomic mass is 32.2. The summed E-state index contributed by atoms with van der Waals surface area (Å²) in [6, 6.07) is 4.16. The smallest absolute Gasteiger partial charge is 0.212 e. The Morgan fingerprint density at radius 2 is 1.60 bits per heavy atom. The quantitative estimate of drug-likeness (QED) is 0.824. The molecule has 1 atom stereocenters. The number of fused-ring (bicyclic) bond motifs is 1. The number of nitrogens with zero attached hydrogens (tertiary/aromatic N) is 4. The molecule has 0 saturated carbocycles. The second-order valence-electron chi connectivity index (χ2n) is 8.62. The first-order valence-electron chi connectivity index (χ1n) is 8.52. The van der Waals surface area contributed by atoms with Crippen molar-refractivity contribution in [3.05, 3.63) is 35.2 Å². The standard InChI is InChI=1S/C19H26N4OS/c1-11-15(22-23-10-20-21-17(23)25-11)12-8-13(18(2,3)4)16(24)14(9-12)19(5,6)7/h8-11,24H,1-7H3. The van der Waals surface area contributed by atoms with Crippen molar-refractivity contribution in [2.75, 3.05) is 0 Å². The number of thioether (sulfide) groups is 1. The van der Waals surface area contributed by atoms with Gasteiger partial charge in [0, 0.05) is 11.1 Å². The summed E-state index contributed by atoms with van der Waals surface area (Å²) in [5, 5.41) is 24.6. The summed E-state index contributed by atoms with van der Waals surface area (Å²) in [5.41, 5.74) is 3.61. The lowest BCUT2D eigenvalue weighted by molar-refractivity contribution is 0.423. The van der Waals surface area contributed by atoms with E-state index in [4.69, 9.17) is 5.10 Å². The highest BCUT2D eigenvalue weighted by Crippen LogP contribution is 2.41. The average Bonchev–Trinajstić information content (AvgIpc) is 2.91. The molecule has 0 saturated heterocycles. The summed E-state index contributed by atoms with van der Waals surface area (Å²) in [6.07, 6.45) is 1.63. The van der Waals surface area contributed by atoms with Gasteiger partial charge < -0.3 is 5.11 Å². The molecule has 1 unspecified atom stereocenters. The van der Waals surface area contributed by atoms with Gasteiger partial charge in [-0.15, -0.1) is 10.2 Å². The predicted molar refractivity (Wildman–Crippen MR) is 103 cm³/mol. The van der Waals surface area contributed by atoms with E-state index in [-0.39, 0.29) is 16.1 Å². The lowest BCUT2D eigenvalue weighted by Crippen LogP contribution is -2.24. The first kappa shape index (κ1) is 18.0. The second kappa shape index (κ2) is 5.87. The monoisotopic (exact) mass is 358 g/mol. The molecular weight excluding hydrogens is 332 g/mol. The fraction of sp³-hybridized carbons (Fsp3) is 0.526. The van der Waals surface area contributed by atoms with Crippen molar-refractivity contribution in [3.63, 3.8) is 0 Å². The lowest BCUT2D eigenvalue weighted by Gasteiger charge is -2.29. The lowest BCUT2D eigenvalue weighted by atomic mass is 9.78. The Morgan fingerprint density at radius 3 is 2.12 bits per heavy atom. The minimum Gasteiger partial charge on any atom is -0.507 e. The molecule has 1 aliphatic heterocycles. The van der Waals surface area contributed by atoms with Gasteiger partial charge in [0.1, 0.15) is 12.1 Å². The summed E-state index contributed by atoms with van der Waals surface area (Å²) in [5.74, 6) is 0.394. The van der Waals surface area contributed by atoms with Gasteiger partial charge in [-0.2, -0.15) is 9.78 Å². The summed E-state index contributed by atoms with van der Waals surface area (Å²) in [6.45, 7) is 14.9. The maximum Gasteiger partial charge on any atom is 0.212 e. The van der Waals surface area contributed by atoms with Gasteiger partial charge in [0.2, 0.25) is 5.16 Å². The molecule has 0 bridgehead atoms. The van der Waals surface area contributed by atoms with E-state index in [0.717, 1.165) is 27.6 Å². The number of aromatic nitrogens is 3. The van der Waals surface area contributed by atoms with E-state index in [1.54, 1.807) is 22.8 Å². The zero-order valence-electron chi connectivity index (χ0n) is 16.0. The number of aromatic hydroxyl groups is 1. The molecule has 1 aromatic carbocycles. The van der Waals surface area contributed by atoms with Crippen LogP contribution in [0.5, 0.6) is 5.75 Å². The van der Waals surface area contributed by atoms with Crippen LogP contribution in [0, 0.1) is 0 Å². The first-order valence-corrected chi connectivity index (χ1v) is 9.40. The fourth-order valence-corrected chi connectivity index (χ4v) is 3.90. The topological polar surface area (TPSA) is 63.3 Å². The maximum atomic E-state index is 10.9. The maximum absolute atomic E-state index is 10.9. The van der Waals surface area contributed by atoms with Crippen molar-refractivity contribution < 1.29 is 5.11 Å². The van der Waals surface area contributed by atoms with Crippen LogP contribution in [0.3, 0.4) is 0 Å².